The van der Waals surface area contributed by atoms with E-state index in [9.17, 15) is 18.8 Å². The standard InChI is InChI=1S/C14H15FN4O4/c1-2-7-16-13(21)17-11(20)8-19-14(22)23-12(18-19)9-3-5-10(15)6-4-9/h3-6H,2,7-8H2,1H3,(H2,16,17,20,21). The first-order valence-electron chi connectivity index (χ1n) is 6.91. The lowest BCUT2D eigenvalue weighted by atomic mass is 10.2. The first-order valence-corrected chi connectivity index (χ1v) is 6.91. The molecule has 0 radical (unpaired) electrons. The molecular formula is C14H15FN4O4. The molecule has 8 nitrogen and oxygen atoms in total. The van der Waals surface area contributed by atoms with Gasteiger partial charge in [0.15, 0.2) is 0 Å². The molecule has 0 aliphatic rings. The van der Waals surface area contributed by atoms with Crippen LogP contribution in [0.15, 0.2) is 33.5 Å². The third-order valence-electron chi connectivity index (χ3n) is 2.78. The lowest BCUT2D eigenvalue weighted by Crippen LogP contribution is -2.42. The van der Waals surface area contributed by atoms with E-state index in [4.69, 9.17) is 4.42 Å². The number of nitrogens with one attached hydrogen (secondary N) is 2. The van der Waals surface area contributed by atoms with Crippen molar-refractivity contribution in [3.8, 4) is 11.5 Å². The number of hydrogen-bond donors (Lipinski definition) is 2. The van der Waals surface area contributed by atoms with E-state index in [1.807, 2.05) is 6.92 Å². The van der Waals surface area contributed by atoms with E-state index in [1.165, 1.54) is 24.3 Å². The van der Waals surface area contributed by atoms with E-state index < -0.39 is 30.1 Å². The van der Waals surface area contributed by atoms with Gasteiger partial charge in [0, 0.05) is 12.1 Å². The Kier molecular flexibility index (Phi) is 5.23. The van der Waals surface area contributed by atoms with Crippen molar-refractivity contribution < 1.29 is 18.4 Å². The fourth-order valence-corrected chi connectivity index (χ4v) is 1.70. The summed E-state index contributed by atoms with van der Waals surface area (Å²) < 4.78 is 18.5. The number of imide groups is 1. The molecule has 1 heterocycles. The molecule has 0 saturated heterocycles. The van der Waals surface area contributed by atoms with Crippen LogP contribution in [0.5, 0.6) is 0 Å². The minimum Gasteiger partial charge on any atom is -0.388 e. The summed E-state index contributed by atoms with van der Waals surface area (Å²) in [4.78, 5) is 34.7. The van der Waals surface area contributed by atoms with Crippen LogP contribution in [0.2, 0.25) is 0 Å². The van der Waals surface area contributed by atoms with Crippen molar-refractivity contribution in [1.82, 2.24) is 20.4 Å². The number of amides is 3. The largest absolute Gasteiger partial charge is 0.437 e. The number of benzene rings is 1. The van der Waals surface area contributed by atoms with Crippen LogP contribution in [0.25, 0.3) is 11.5 Å². The van der Waals surface area contributed by atoms with E-state index in [0.717, 1.165) is 11.1 Å². The molecule has 0 atom stereocenters. The van der Waals surface area contributed by atoms with Crippen molar-refractivity contribution >= 4 is 11.9 Å². The minimum absolute atomic E-state index is 0.0433. The molecule has 2 rings (SSSR count). The van der Waals surface area contributed by atoms with Crippen molar-refractivity contribution in [2.75, 3.05) is 6.54 Å². The topological polar surface area (TPSA) is 106 Å². The summed E-state index contributed by atoms with van der Waals surface area (Å²) in [5, 5.41) is 8.37. The van der Waals surface area contributed by atoms with Gasteiger partial charge in [-0.15, -0.1) is 5.10 Å². The third kappa shape index (κ3) is 4.50. The van der Waals surface area contributed by atoms with Gasteiger partial charge in [-0.05, 0) is 30.7 Å². The molecule has 0 spiro atoms. The number of halogens is 1. The average Bonchev–Trinajstić information content (AvgIpc) is 2.86. The molecule has 0 fully saturated rings. The van der Waals surface area contributed by atoms with Crippen LogP contribution in [0.3, 0.4) is 0 Å². The molecule has 122 valence electrons. The van der Waals surface area contributed by atoms with Crippen LogP contribution in [0.1, 0.15) is 13.3 Å². The highest BCUT2D eigenvalue weighted by Gasteiger charge is 2.14. The van der Waals surface area contributed by atoms with Crippen molar-refractivity contribution in [3.63, 3.8) is 0 Å². The quantitative estimate of drug-likeness (QED) is 0.850. The molecule has 3 amide bonds. The number of urea groups is 1. The molecule has 1 aromatic carbocycles. The second-order valence-electron chi connectivity index (χ2n) is 4.64. The maximum absolute atomic E-state index is 12.9. The zero-order chi connectivity index (χ0) is 16.8. The third-order valence-corrected chi connectivity index (χ3v) is 2.78. The van der Waals surface area contributed by atoms with Gasteiger partial charge in [0.2, 0.25) is 11.8 Å². The lowest BCUT2D eigenvalue weighted by Gasteiger charge is -2.04. The fraction of sp³-hybridized carbons (Fsp3) is 0.286. The van der Waals surface area contributed by atoms with Crippen LogP contribution >= 0.6 is 0 Å². The van der Waals surface area contributed by atoms with Crippen molar-refractivity contribution in [1.29, 1.82) is 0 Å². The lowest BCUT2D eigenvalue weighted by molar-refractivity contribution is -0.120. The van der Waals surface area contributed by atoms with Crippen LogP contribution in [0, 0.1) is 5.82 Å². The summed E-state index contributed by atoms with van der Waals surface area (Å²) in [6.45, 7) is 1.83. The Morgan fingerprint density at radius 3 is 2.65 bits per heavy atom. The van der Waals surface area contributed by atoms with Crippen molar-refractivity contribution in [3.05, 3.63) is 40.6 Å². The van der Waals surface area contributed by atoms with Gasteiger partial charge in [0.05, 0.1) is 0 Å². The molecule has 0 saturated carbocycles. The number of aromatic nitrogens is 2. The smallest absolute Gasteiger partial charge is 0.388 e. The highest BCUT2D eigenvalue weighted by atomic mass is 19.1. The Bertz CT molecular complexity index is 751. The first-order chi connectivity index (χ1) is 11.0. The van der Waals surface area contributed by atoms with E-state index in [0.29, 0.717) is 12.1 Å². The Balaban J connectivity index is 2.04. The van der Waals surface area contributed by atoms with E-state index in [2.05, 4.69) is 15.7 Å². The van der Waals surface area contributed by atoms with Crippen molar-refractivity contribution in [2.45, 2.75) is 19.9 Å². The van der Waals surface area contributed by atoms with Gasteiger partial charge in [-0.1, -0.05) is 6.92 Å². The second-order valence-corrected chi connectivity index (χ2v) is 4.64. The monoisotopic (exact) mass is 322 g/mol. The van der Waals surface area contributed by atoms with Crippen LogP contribution in [0.4, 0.5) is 9.18 Å². The average molecular weight is 322 g/mol. The second kappa shape index (κ2) is 7.34. The summed E-state index contributed by atoms with van der Waals surface area (Å²) >= 11 is 0. The van der Waals surface area contributed by atoms with Gasteiger partial charge in [-0.25, -0.2) is 14.0 Å². The predicted molar refractivity (Wildman–Crippen MR) is 78.0 cm³/mol. The summed E-state index contributed by atoms with van der Waals surface area (Å²) in [5.74, 6) is -2.04. The minimum atomic E-state index is -0.853. The summed E-state index contributed by atoms with van der Waals surface area (Å²) in [6.07, 6.45) is 0.728. The number of carbonyl (C=O) groups excluding carboxylic acids is 2. The van der Waals surface area contributed by atoms with E-state index in [1.54, 1.807) is 0 Å². The van der Waals surface area contributed by atoms with Crippen LogP contribution in [-0.2, 0) is 11.3 Å². The van der Waals surface area contributed by atoms with Crippen molar-refractivity contribution in [2.24, 2.45) is 0 Å². The Morgan fingerprint density at radius 2 is 2.00 bits per heavy atom. The van der Waals surface area contributed by atoms with E-state index >= 15 is 0 Å². The number of nitrogens with zero attached hydrogens (tertiary/aromatic N) is 2. The zero-order valence-corrected chi connectivity index (χ0v) is 12.3. The molecule has 2 N–H and O–H groups in total. The zero-order valence-electron chi connectivity index (χ0n) is 12.3. The summed E-state index contributed by atoms with van der Waals surface area (Å²) in [6, 6.07) is 4.53. The van der Waals surface area contributed by atoms with Crippen LogP contribution in [-0.4, -0.2) is 28.3 Å². The molecular weight excluding hydrogens is 307 g/mol. The number of hydrogen-bond acceptors (Lipinski definition) is 5. The highest BCUT2D eigenvalue weighted by molar-refractivity contribution is 5.94. The Hall–Kier alpha value is -2.97. The maximum atomic E-state index is 12.9. The Morgan fingerprint density at radius 1 is 1.30 bits per heavy atom. The summed E-state index contributed by atoms with van der Waals surface area (Å²) in [7, 11) is 0. The molecule has 0 unspecified atom stereocenters. The van der Waals surface area contributed by atoms with Gasteiger partial charge in [0.25, 0.3) is 0 Å². The molecule has 23 heavy (non-hydrogen) atoms. The molecule has 0 aliphatic heterocycles. The SMILES string of the molecule is CCCNC(=O)NC(=O)Cn1nc(-c2ccc(F)cc2)oc1=O. The fourth-order valence-electron chi connectivity index (χ4n) is 1.70. The summed E-state index contributed by atoms with van der Waals surface area (Å²) in [5.41, 5.74) is 0.392. The molecule has 0 bridgehead atoms. The first kappa shape index (κ1) is 16.4. The number of carbonyl (C=O) groups is 2. The van der Waals surface area contributed by atoms with Gasteiger partial charge in [-0.2, -0.15) is 4.68 Å². The van der Waals surface area contributed by atoms with Gasteiger partial charge in [-0.3, -0.25) is 10.1 Å². The van der Waals surface area contributed by atoms with E-state index in [-0.39, 0.29) is 5.89 Å². The molecule has 2 aromatic rings. The Labute approximate surface area is 130 Å². The molecule has 1 aromatic heterocycles. The molecule has 0 aliphatic carbocycles. The highest BCUT2D eigenvalue weighted by Crippen LogP contribution is 2.15. The predicted octanol–water partition coefficient (Wildman–Crippen LogP) is 0.878. The maximum Gasteiger partial charge on any atom is 0.437 e. The van der Waals surface area contributed by atoms with Gasteiger partial charge in [0.1, 0.15) is 12.4 Å². The van der Waals surface area contributed by atoms with Gasteiger partial charge < -0.3 is 9.73 Å². The van der Waals surface area contributed by atoms with Crippen LogP contribution < -0.4 is 16.4 Å². The normalized spacial score (nSPS) is 10.3. The number of rotatable bonds is 5. The molecule has 9 heteroatoms. The van der Waals surface area contributed by atoms with Gasteiger partial charge >= 0.3 is 11.8 Å².